The molecule has 1 heterocycles. The molecular weight excluding hydrogens is 376 g/mol. The molecular formula is C26H40O4. The zero-order valence-corrected chi connectivity index (χ0v) is 18.7. The lowest BCUT2D eigenvalue weighted by atomic mass is 9.60. The van der Waals surface area contributed by atoms with Crippen LogP contribution in [-0.4, -0.2) is 46.3 Å². The number of hydrogen-bond donors (Lipinski definition) is 3. The van der Waals surface area contributed by atoms with E-state index in [0.29, 0.717) is 36.0 Å². The Labute approximate surface area is 181 Å². The van der Waals surface area contributed by atoms with E-state index in [1.807, 2.05) is 0 Å². The topological polar surface area (TPSA) is 73.2 Å². The van der Waals surface area contributed by atoms with Crippen LogP contribution in [0, 0.1) is 23.2 Å². The van der Waals surface area contributed by atoms with Gasteiger partial charge in [-0.15, -0.1) is 0 Å². The van der Waals surface area contributed by atoms with Crippen LogP contribution in [-0.2, 0) is 4.74 Å². The van der Waals surface area contributed by atoms with Crippen molar-refractivity contribution in [2.75, 3.05) is 6.61 Å². The van der Waals surface area contributed by atoms with Crippen molar-refractivity contribution in [3.05, 3.63) is 35.5 Å². The summed E-state index contributed by atoms with van der Waals surface area (Å²) in [5.41, 5.74) is 3.65. The lowest BCUT2D eigenvalue weighted by Crippen LogP contribution is -2.36. The highest BCUT2D eigenvalue weighted by Gasteiger charge is 2.50. The molecule has 0 amide bonds. The number of ether oxygens (including phenoxy) is 1. The van der Waals surface area contributed by atoms with Gasteiger partial charge in [-0.05, 0) is 85.7 Å². The highest BCUT2D eigenvalue weighted by molar-refractivity contribution is 5.38. The van der Waals surface area contributed by atoms with E-state index in [1.54, 1.807) is 5.57 Å². The summed E-state index contributed by atoms with van der Waals surface area (Å²) in [6, 6.07) is 0. The van der Waals surface area contributed by atoms with Gasteiger partial charge in [-0.2, -0.15) is 0 Å². The average Bonchev–Trinajstić information content (AvgIpc) is 3.49. The second-order valence-electron chi connectivity index (χ2n) is 10.7. The van der Waals surface area contributed by atoms with E-state index < -0.39 is 12.2 Å². The third-order valence-corrected chi connectivity index (χ3v) is 8.70. The molecule has 0 unspecified atom stereocenters. The smallest absolute Gasteiger partial charge is 0.107 e. The van der Waals surface area contributed by atoms with Gasteiger partial charge >= 0.3 is 0 Å². The SMILES string of the molecule is C=C1/C(=C\C=C2/CCC[C@]3(C)[C@@H]([C@H](C)CC[C@@H](O)[C@@H]4CO4)CC[C@@H]23)C[C@@H](O)C[C@@H]1O. The molecule has 1 saturated heterocycles. The number of hydrogen-bond acceptors (Lipinski definition) is 4. The zero-order valence-electron chi connectivity index (χ0n) is 18.7. The van der Waals surface area contributed by atoms with Gasteiger partial charge in [0.05, 0.1) is 24.9 Å². The summed E-state index contributed by atoms with van der Waals surface area (Å²) in [6.07, 6.45) is 12.2. The molecule has 0 aromatic heterocycles. The largest absolute Gasteiger partial charge is 0.393 e. The Bertz CT molecular complexity index is 706. The number of aliphatic hydroxyl groups is 3. The molecule has 30 heavy (non-hydrogen) atoms. The van der Waals surface area contributed by atoms with Crippen LogP contribution in [0.1, 0.15) is 71.6 Å². The Hall–Kier alpha value is -0.940. The van der Waals surface area contributed by atoms with Crippen molar-refractivity contribution in [3.63, 3.8) is 0 Å². The quantitative estimate of drug-likeness (QED) is 0.564. The standard InChI is InChI=1S/C26H40O4/c1-16(6-11-23(28)25-15-30-25)21-9-10-22-18(5-4-12-26(21,22)3)7-8-19-13-20(27)14-24(29)17(19)2/h7-8,16,20-25,27-29H,2,4-6,9-15H2,1,3H3/b18-7+,19-8-/t16-,20-,21-,22+,23-,24+,25+,26-/m1/s1. The van der Waals surface area contributed by atoms with E-state index in [1.165, 1.54) is 25.7 Å². The van der Waals surface area contributed by atoms with Crippen molar-refractivity contribution in [1.29, 1.82) is 0 Å². The Morgan fingerprint density at radius 2 is 2.00 bits per heavy atom. The van der Waals surface area contributed by atoms with Crippen molar-refractivity contribution in [2.24, 2.45) is 23.2 Å². The predicted molar refractivity (Wildman–Crippen MR) is 119 cm³/mol. The molecule has 0 aromatic rings. The van der Waals surface area contributed by atoms with Crippen molar-refractivity contribution < 1.29 is 20.1 Å². The molecule has 0 bridgehead atoms. The Morgan fingerprint density at radius 1 is 1.23 bits per heavy atom. The van der Waals surface area contributed by atoms with Crippen LogP contribution in [0.5, 0.6) is 0 Å². The number of fused-ring (bicyclic) bond motifs is 1. The summed E-state index contributed by atoms with van der Waals surface area (Å²) >= 11 is 0. The van der Waals surface area contributed by atoms with Crippen molar-refractivity contribution in [1.82, 2.24) is 0 Å². The first-order valence-corrected chi connectivity index (χ1v) is 12.0. The number of aliphatic hydroxyl groups excluding tert-OH is 3. The van der Waals surface area contributed by atoms with Gasteiger partial charge in [0.25, 0.3) is 0 Å². The predicted octanol–water partition coefficient (Wildman–Crippen LogP) is 4.30. The molecule has 1 aliphatic heterocycles. The number of rotatable bonds is 6. The van der Waals surface area contributed by atoms with Gasteiger partial charge in [0.15, 0.2) is 0 Å². The third kappa shape index (κ3) is 4.48. The first kappa shape index (κ1) is 22.3. The van der Waals surface area contributed by atoms with Crippen LogP contribution in [0.4, 0.5) is 0 Å². The third-order valence-electron chi connectivity index (χ3n) is 8.70. The van der Waals surface area contributed by atoms with E-state index in [2.05, 4.69) is 32.6 Å². The molecule has 8 atom stereocenters. The maximum absolute atomic E-state index is 10.2. The van der Waals surface area contributed by atoms with Crippen molar-refractivity contribution in [3.8, 4) is 0 Å². The summed E-state index contributed by atoms with van der Waals surface area (Å²) in [5.74, 6) is 1.95. The Kier molecular flexibility index (Phi) is 6.60. The molecule has 0 aromatic carbocycles. The van der Waals surface area contributed by atoms with E-state index in [4.69, 9.17) is 4.74 Å². The number of allylic oxidation sites excluding steroid dienone is 3. The lowest BCUT2D eigenvalue weighted by Gasteiger charge is -2.44. The lowest BCUT2D eigenvalue weighted by molar-refractivity contribution is 0.0759. The van der Waals surface area contributed by atoms with Crippen molar-refractivity contribution >= 4 is 0 Å². The zero-order chi connectivity index (χ0) is 21.5. The molecule has 4 fully saturated rings. The molecule has 4 heteroatoms. The minimum Gasteiger partial charge on any atom is -0.393 e. The maximum atomic E-state index is 10.2. The molecule has 0 radical (unpaired) electrons. The summed E-state index contributed by atoms with van der Waals surface area (Å²) in [4.78, 5) is 0. The molecule has 0 spiro atoms. The molecule has 4 aliphatic rings. The Balaban J connectivity index is 1.44. The van der Waals surface area contributed by atoms with Crippen LogP contribution in [0.15, 0.2) is 35.5 Å². The highest BCUT2D eigenvalue weighted by Crippen LogP contribution is 2.60. The van der Waals surface area contributed by atoms with Crippen LogP contribution in [0.3, 0.4) is 0 Å². The van der Waals surface area contributed by atoms with E-state index >= 15 is 0 Å². The number of epoxide rings is 1. The average molecular weight is 417 g/mol. The summed E-state index contributed by atoms with van der Waals surface area (Å²) < 4.78 is 5.25. The van der Waals surface area contributed by atoms with E-state index in [9.17, 15) is 15.3 Å². The second kappa shape index (κ2) is 8.90. The van der Waals surface area contributed by atoms with E-state index in [0.717, 1.165) is 37.0 Å². The first-order valence-electron chi connectivity index (χ1n) is 12.0. The van der Waals surface area contributed by atoms with Gasteiger partial charge in [-0.1, -0.05) is 38.2 Å². The molecule has 4 rings (SSSR count). The van der Waals surface area contributed by atoms with Crippen LogP contribution >= 0.6 is 0 Å². The highest BCUT2D eigenvalue weighted by atomic mass is 16.6. The first-order chi connectivity index (χ1) is 14.3. The fraction of sp³-hybridized carbons (Fsp3) is 0.769. The Morgan fingerprint density at radius 3 is 2.73 bits per heavy atom. The molecule has 3 saturated carbocycles. The minimum atomic E-state index is -0.622. The monoisotopic (exact) mass is 416 g/mol. The summed E-state index contributed by atoms with van der Waals surface area (Å²) in [7, 11) is 0. The van der Waals surface area contributed by atoms with Crippen LogP contribution < -0.4 is 0 Å². The fourth-order valence-corrected chi connectivity index (χ4v) is 6.78. The van der Waals surface area contributed by atoms with Gasteiger partial charge in [-0.3, -0.25) is 0 Å². The van der Waals surface area contributed by atoms with Gasteiger partial charge in [0.1, 0.15) is 6.10 Å². The van der Waals surface area contributed by atoms with Gasteiger partial charge in [-0.25, -0.2) is 0 Å². The molecule has 168 valence electrons. The summed E-state index contributed by atoms with van der Waals surface area (Å²) in [5, 5.41) is 30.3. The minimum absolute atomic E-state index is 0.0907. The maximum Gasteiger partial charge on any atom is 0.107 e. The van der Waals surface area contributed by atoms with Crippen LogP contribution in [0.2, 0.25) is 0 Å². The fourth-order valence-electron chi connectivity index (χ4n) is 6.78. The van der Waals surface area contributed by atoms with Crippen LogP contribution in [0.25, 0.3) is 0 Å². The van der Waals surface area contributed by atoms with Gasteiger partial charge in [0.2, 0.25) is 0 Å². The second-order valence-corrected chi connectivity index (χ2v) is 10.7. The van der Waals surface area contributed by atoms with Gasteiger partial charge < -0.3 is 20.1 Å². The van der Waals surface area contributed by atoms with E-state index in [-0.39, 0.29) is 12.2 Å². The van der Waals surface area contributed by atoms with Gasteiger partial charge in [0, 0.05) is 6.42 Å². The normalized spacial score (nSPS) is 43.6. The molecule has 4 nitrogen and oxygen atoms in total. The van der Waals surface area contributed by atoms with Crippen molar-refractivity contribution in [2.45, 2.75) is 96.1 Å². The summed E-state index contributed by atoms with van der Waals surface area (Å²) in [6.45, 7) is 9.66. The molecule has 3 N–H and O–H groups in total. The molecule has 3 aliphatic carbocycles.